The molecule has 0 aliphatic rings. The van der Waals surface area contributed by atoms with E-state index in [1.165, 1.54) is 38.5 Å². The van der Waals surface area contributed by atoms with E-state index in [-0.39, 0.29) is 6.10 Å². The van der Waals surface area contributed by atoms with E-state index in [9.17, 15) is 5.11 Å². The Hall–Kier alpha value is -0.600. The lowest BCUT2D eigenvalue weighted by Gasteiger charge is -2.18. The molecule has 124 valence electrons. The number of rotatable bonds is 13. The molecule has 0 radical (unpaired) electrons. The lowest BCUT2D eigenvalue weighted by atomic mass is 10.1. The molecule has 0 saturated carbocycles. The van der Waals surface area contributed by atoms with Gasteiger partial charge < -0.3 is 9.84 Å². The minimum Gasteiger partial charge on any atom is -0.364 e. The van der Waals surface area contributed by atoms with E-state index in [1.54, 1.807) is 0 Å². The van der Waals surface area contributed by atoms with Gasteiger partial charge in [-0.05, 0) is 44.6 Å². The van der Waals surface area contributed by atoms with Crippen molar-refractivity contribution in [2.75, 3.05) is 0 Å². The van der Waals surface area contributed by atoms with Gasteiger partial charge in [-0.15, -0.1) is 0 Å². The van der Waals surface area contributed by atoms with Gasteiger partial charge in [-0.25, -0.2) is 0 Å². The molecule has 0 aromatic rings. The van der Waals surface area contributed by atoms with Crippen molar-refractivity contribution in [2.24, 2.45) is 0 Å². The van der Waals surface area contributed by atoms with Gasteiger partial charge in [0.25, 0.3) is 0 Å². The van der Waals surface area contributed by atoms with Crippen LogP contribution in [0.5, 0.6) is 0 Å². The molecule has 0 aromatic carbocycles. The summed E-state index contributed by atoms with van der Waals surface area (Å²) in [6.45, 7) is 8.48. The molecule has 0 aromatic heterocycles. The molecule has 0 fully saturated rings. The van der Waals surface area contributed by atoms with E-state index in [0.717, 1.165) is 24.8 Å². The third kappa shape index (κ3) is 11.7. The fourth-order valence-electron chi connectivity index (χ4n) is 2.24. The van der Waals surface area contributed by atoms with Crippen LogP contribution in [0.2, 0.25) is 0 Å². The molecule has 0 aliphatic heterocycles. The molecule has 0 bridgehead atoms. The van der Waals surface area contributed by atoms with Crippen LogP contribution in [0.25, 0.3) is 0 Å². The molecule has 2 atom stereocenters. The smallest absolute Gasteiger partial charge is 0.177 e. The number of ether oxygens (including phenoxy) is 1. The Morgan fingerprint density at radius 3 is 2.19 bits per heavy atom. The Bertz CT molecular complexity index is 281. The van der Waals surface area contributed by atoms with Crippen molar-refractivity contribution in [3.05, 3.63) is 23.8 Å². The lowest BCUT2D eigenvalue weighted by Crippen LogP contribution is -2.20. The average molecular weight is 296 g/mol. The zero-order chi connectivity index (χ0) is 15.9. The molecule has 0 amide bonds. The number of hydrogen-bond donors (Lipinski definition) is 1. The maximum atomic E-state index is 10.2. The molecule has 1 N–H and O–H groups in total. The summed E-state index contributed by atoms with van der Waals surface area (Å²) < 4.78 is 5.67. The summed E-state index contributed by atoms with van der Waals surface area (Å²) in [6, 6.07) is 0. The van der Waals surface area contributed by atoms with Crippen molar-refractivity contribution in [3.63, 3.8) is 0 Å². The first kappa shape index (κ1) is 20.4. The Morgan fingerprint density at radius 1 is 1.00 bits per heavy atom. The molecule has 21 heavy (non-hydrogen) atoms. The van der Waals surface area contributed by atoms with Gasteiger partial charge in [0, 0.05) is 0 Å². The molecule has 0 rings (SSSR count). The summed E-state index contributed by atoms with van der Waals surface area (Å²) in [4.78, 5) is 0. The minimum atomic E-state index is -0.757. The quantitative estimate of drug-likeness (QED) is 0.266. The van der Waals surface area contributed by atoms with E-state index in [1.807, 2.05) is 6.92 Å². The van der Waals surface area contributed by atoms with Gasteiger partial charge >= 0.3 is 0 Å². The lowest BCUT2D eigenvalue weighted by molar-refractivity contribution is -0.0927. The van der Waals surface area contributed by atoms with E-state index in [4.69, 9.17) is 4.74 Å². The Labute approximate surface area is 132 Å². The number of aliphatic hydroxyl groups is 1. The second kappa shape index (κ2) is 14.3. The molecule has 0 aliphatic carbocycles. The number of unbranched alkanes of at least 4 members (excludes halogenated alkanes) is 6. The fraction of sp³-hybridized carbons (Fsp3) is 0.789. The summed E-state index contributed by atoms with van der Waals surface area (Å²) in [7, 11) is 0. The van der Waals surface area contributed by atoms with E-state index < -0.39 is 6.29 Å². The van der Waals surface area contributed by atoms with E-state index >= 15 is 0 Å². The van der Waals surface area contributed by atoms with Crippen LogP contribution in [0.1, 0.15) is 85.5 Å². The largest absolute Gasteiger partial charge is 0.364 e. The summed E-state index contributed by atoms with van der Waals surface area (Å²) >= 11 is 0. The number of allylic oxidation sites excluding steroid dienone is 2. The first-order valence-electron chi connectivity index (χ1n) is 8.84. The normalized spacial score (nSPS) is 15.6. The van der Waals surface area contributed by atoms with Gasteiger partial charge in [0.05, 0.1) is 6.10 Å². The van der Waals surface area contributed by atoms with Gasteiger partial charge in [0.15, 0.2) is 6.29 Å². The predicted molar refractivity (Wildman–Crippen MR) is 92.4 cm³/mol. The van der Waals surface area contributed by atoms with Crippen LogP contribution in [0.15, 0.2) is 23.8 Å². The van der Waals surface area contributed by atoms with Gasteiger partial charge in [-0.3, -0.25) is 0 Å². The summed E-state index contributed by atoms with van der Waals surface area (Å²) in [6.07, 6.45) is 16.0. The maximum Gasteiger partial charge on any atom is 0.177 e. The summed E-state index contributed by atoms with van der Waals surface area (Å²) in [5.74, 6) is 0. The third-order valence-electron chi connectivity index (χ3n) is 3.66. The summed E-state index contributed by atoms with van der Waals surface area (Å²) in [5.41, 5.74) is 1.01. The van der Waals surface area contributed by atoms with Crippen LogP contribution in [-0.2, 0) is 4.74 Å². The molecule has 0 spiro atoms. The number of aliphatic hydroxyl groups excluding tert-OH is 1. The standard InChI is InChI=1S/C19H36O2/c1-5-8-10-12-13-15-17(4)21-19(20)18(7-3)16-14-11-9-6-2/h13,15-17,19-20H,5-12,14H2,1-4H3. The van der Waals surface area contributed by atoms with E-state index in [0.29, 0.717) is 0 Å². The van der Waals surface area contributed by atoms with Gasteiger partial charge in [0.1, 0.15) is 0 Å². The third-order valence-corrected chi connectivity index (χ3v) is 3.66. The highest BCUT2D eigenvalue weighted by atomic mass is 16.6. The topological polar surface area (TPSA) is 29.5 Å². The molecule has 2 heteroatoms. The zero-order valence-electron chi connectivity index (χ0n) is 14.6. The molecule has 0 heterocycles. The monoisotopic (exact) mass is 296 g/mol. The molecule has 2 unspecified atom stereocenters. The van der Waals surface area contributed by atoms with E-state index in [2.05, 4.69) is 39.0 Å². The SMILES string of the molecule is CCCCCC=CC(C)OC(O)C(=CCCCCC)CC. The van der Waals surface area contributed by atoms with Crippen molar-refractivity contribution >= 4 is 0 Å². The van der Waals surface area contributed by atoms with Crippen molar-refractivity contribution in [2.45, 2.75) is 97.9 Å². The molecular weight excluding hydrogens is 260 g/mol. The van der Waals surface area contributed by atoms with Crippen LogP contribution >= 0.6 is 0 Å². The highest BCUT2D eigenvalue weighted by Crippen LogP contribution is 2.14. The summed E-state index contributed by atoms with van der Waals surface area (Å²) in [5, 5.41) is 10.2. The fourth-order valence-corrected chi connectivity index (χ4v) is 2.24. The Balaban J connectivity index is 4.08. The van der Waals surface area contributed by atoms with Crippen LogP contribution in [0, 0.1) is 0 Å². The zero-order valence-corrected chi connectivity index (χ0v) is 14.6. The van der Waals surface area contributed by atoms with Gasteiger partial charge in [-0.2, -0.15) is 0 Å². The average Bonchev–Trinajstić information content (AvgIpc) is 2.47. The molecular formula is C19H36O2. The first-order valence-corrected chi connectivity index (χ1v) is 8.84. The predicted octanol–water partition coefficient (Wildman–Crippen LogP) is 5.76. The van der Waals surface area contributed by atoms with Crippen molar-refractivity contribution in [1.29, 1.82) is 0 Å². The highest BCUT2D eigenvalue weighted by Gasteiger charge is 2.11. The number of hydrogen-bond acceptors (Lipinski definition) is 2. The van der Waals surface area contributed by atoms with Crippen LogP contribution < -0.4 is 0 Å². The second-order valence-corrected chi connectivity index (χ2v) is 5.75. The highest BCUT2D eigenvalue weighted by molar-refractivity contribution is 5.05. The van der Waals surface area contributed by atoms with Crippen molar-refractivity contribution in [1.82, 2.24) is 0 Å². The van der Waals surface area contributed by atoms with Gasteiger partial charge in [0.2, 0.25) is 0 Å². The van der Waals surface area contributed by atoms with Crippen LogP contribution in [0.3, 0.4) is 0 Å². The first-order chi connectivity index (χ1) is 10.2. The Morgan fingerprint density at radius 2 is 1.62 bits per heavy atom. The molecule has 2 nitrogen and oxygen atoms in total. The van der Waals surface area contributed by atoms with Gasteiger partial charge in [-0.1, -0.05) is 64.7 Å². The van der Waals surface area contributed by atoms with Crippen molar-refractivity contribution in [3.8, 4) is 0 Å². The van der Waals surface area contributed by atoms with Crippen LogP contribution in [0.4, 0.5) is 0 Å². The maximum absolute atomic E-state index is 10.2. The second-order valence-electron chi connectivity index (χ2n) is 5.75. The Kier molecular flexibility index (Phi) is 13.9. The van der Waals surface area contributed by atoms with Crippen LogP contribution in [-0.4, -0.2) is 17.5 Å². The van der Waals surface area contributed by atoms with Crippen molar-refractivity contribution < 1.29 is 9.84 Å². The minimum absolute atomic E-state index is 0.0350. The molecule has 0 saturated heterocycles.